The lowest BCUT2D eigenvalue weighted by Crippen LogP contribution is -1.87. The third-order valence-corrected chi connectivity index (χ3v) is 3.05. The van der Waals surface area contributed by atoms with Gasteiger partial charge in [0.2, 0.25) is 0 Å². The Hall–Kier alpha value is -0.560. The van der Waals surface area contributed by atoms with Gasteiger partial charge in [-0.1, -0.05) is 34.1 Å². The Labute approximate surface area is 75.1 Å². The first kappa shape index (κ1) is 7.11. The fourth-order valence-corrected chi connectivity index (χ4v) is 1.85. The van der Waals surface area contributed by atoms with Crippen LogP contribution in [0.3, 0.4) is 0 Å². The smallest absolute Gasteiger partial charge is 0.0207 e. The molecule has 0 N–H and O–H groups in total. The second-order valence-electron chi connectivity index (χ2n) is 2.85. The van der Waals surface area contributed by atoms with Crippen LogP contribution in [-0.2, 0) is 6.42 Å². The first-order chi connectivity index (χ1) is 5.29. The summed E-state index contributed by atoms with van der Waals surface area (Å²) in [5, 5.41) is 0. The molecule has 2 rings (SSSR count). The van der Waals surface area contributed by atoms with Gasteiger partial charge in [0.05, 0.1) is 0 Å². The van der Waals surface area contributed by atoms with Crippen molar-refractivity contribution in [1.29, 1.82) is 0 Å². The fourth-order valence-electron chi connectivity index (χ4n) is 1.48. The summed E-state index contributed by atoms with van der Waals surface area (Å²) in [5.74, 6) is 0. The first-order valence-electron chi connectivity index (χ1n) is 3.73. The molecule has 11 heavy (non-hydrogen) atoms. The van der Waals surface area contributed by atoms with Crippen molar-refractivity contribution in [3.05, 3.63) is 39.4 Å². The van der Waals surface area contributed by atoms with Gasteiger partial charge in [-0.15, -0.1) is 0 Å². The molecule has 0 saturated heterocycles. The number of fused-ring (bicyclic) bond motifs is 1. The zero-order chi connectivity index (χ0) is 7.84. The molecule has 1 aliphatic rings. The molecular formula is C10H9Br. The van der Waals surface area contributed by atoms with Crippen molar-refractivity contribution in [2.45, 2.75) is 13.3 Å². The molecule has 0 heterocycles. The molecule has 0 aromatic heterocycles. The molecule has 1 aliphatic carbocycles. The van der Waals surface area contributed by atoms with Gasteiger partial charge in [-0.3, -0.25) is 0 Å². The average Bonchev–Trinajstić information content (AvgIpc) is 2.45. The van der Waals surface area contributed by atoms with Crippen LogP contribution in [0.1, 0.15) is 16.7 Å². The number of hydrogen-bond donors (Lipinski definition) is 0. The van der Waals surface area contributed by atoms with Crippen molar-refractivity contribution in [2.75, 3.05) is 0 Å². The van der Waals surface area contributed by atoms with E-state index in [4.69, 9.17) is 0 Å². The summed E-state index contributed by atoms with van der Waals surface area (Å²) in [5.41, 5.74) is 4.23. The minimum absolute atomic E-state index is 1.10. The predicted molar refractivity (Wildman–Crippen MR) is 51.6 cm³/mol. The lowest BCUT2D eigenvalue weighted by Gasteiger charge is -2.04. The molecule has 0 amide bonds. The van der Waals surface area contributed by atoms with Gasteiger partial charge in [0.25, 0.3) is 0 Å². The number of allylic oxidation sites excluding steroid dienone is 1. The van der Waals surface area contributed by atoms with Crippen LogP contribution in [-0.4, -0.2) is 0 Å². The minimum Gasteiger partial charge on any atom is -0.0795 e. The number of rotatable bonds is 0. The highest BCUT2D eigenvalue weighted by Gasteiger charge is 2.08. The van der Waals surface area contributed by atoms with Crippen molar-refractivity contribution < 1.29 is 0 Å². The van der Waals surface area contributed by atoms with Crippen LogP contribution in [0, 0.1) is 6.92 Å². The lowest BCUT2D eigenvalue weighted by molar-refractivity contribution is 1.23. The summed E-state index contributed by atoms with van der Waals surface area (Å²) in [4.78, 5) is 0. The summed E-state index contributed by atoms with van der Waals surface area (Å²) in [6.07, 6.45) is 5.50. The van der Waals surface area contributed by atoms with E-state index < -0.39 is 0 Å². The Bertz CT molecular complexity index is 324. The Morgan fingerprint density at radius 3 is 3.00 bits per heavy atom. The van der Waals surface area contributed by atoms with Gasteiger partial charge in [0.1, 0.15) is 0 Å². The van der Waals surface area contributed by atoms with E-state index in [1.807, 2.05) is 0 Å². The highest BCUT2D eigenvalue weighted by atomic mass is 79.9. The zero-order valence-corrected chi connectivity index (χ0v) is 7.98. The molecule has 0 fully saturated rings. The van der Waals surface area contributed by atoms with E-state index in [9.17, 15) is 0 Å². The second-order valence-corrected chi connectivity index (χ2v) is 3.70. The summed E-state index contributed by atoms with van der Waals surface area (Å²) in [6.45, 7) is 2.16. The van der Waals surface area contributed by atoms with Crippen molar-refractivity contribution in [3.8, 4) is 0 Å². The van der Waals surface area contributed by atoms with Crippen LogP contribution in [0.5, 0.6) is 0 Å². The van der Waals surface area contributed by atoms with Crippen molar-refractivity contribution in [2.24, 2.45) is 0 Å². The van der Waals surface area contributed by atoms with Gasteiger partial charge in [0, 0.05) is 4.47 Å². The van der Waals surface area contributed by atoms with Gasteiger partial charge < -0.3 is 0 Å². The summed E-state index contributed by atoms with van der Waals surface area (Å²) < 4.78 is 1.22. The first-order valence-corrected chi connectivity index (χ1v) is 4.53. The van der Waals surface area contributed by atoms with Crippen LogP contribution in [0.4, 0.5) is 0 Å². The maximum atomic E-state index is 3.52. The van der Waals surface area contributed by atoms with Crippen LogP contribution in [0.2, 0.25) is 0 Å². The minimum atomic E-state index is 1.10. The molecule has 0 unspecified atom stereocenters. The maximum absolute atomic E-state index is 3.52. The Morgan fingerprint density at radius 2 is 2.18 bits per heavy atom. The van der Waals surface area contributed by atoms with Crippen LogP contribution < -0.4 is 0 Å². The molecule has 0 atom stereocenters. The molecule has 0 bridgehead atoms. The second kappa shape index (κ2) is 2.49. The van der Waals surface area contributed by atoms with E-state index in [-0.39, 0.29) is 0 Å². The molecule has 0 saturated carbocycles. The summed E-state index contributed by atoms with van der Waals surface area (Å²) in [7, 11) is 0. The van der Waals surface area contributed by atoms with E-state index in [0.29, 0.717) is 0 Å². The molecule has 1 aromatic rings. The van der Waals surface area contributed by atoms with Crippen LogP contribution >= 0.6 is 15.9 Å². The predicted octanol–water partition coefficient (Wildman–Crippen LogP) is 3.33. The van der Waals surface area contributed by atoms with Crippen LogP contribution in [0.15, 0.2) is 22.7 Å². The highest BCUT2D eigenvalue weighted by molar-refractivity contribution is 9.10. The summed E-state index contributed by atoms with van der Waals surface area (Å²) >= 11 is 3.52. The Morgan fingerprint density at radius 1 is 1.36 bits per heavy atom. The van der Waals surface area contributed by atoms with E-state index >= 15 is 0 Å². The molecule has 1 aromatic carbocycles. The normalized spacial score (nSPS) is 13.6. The molecule has 56 valence electrons. The third kappa shape index (κ3) is 1.04. The number of halogens is 1. The van der Waals surface area contributed by atoms with Gasteiger partial charge in [-0.05, 0) is 36.1 Å². The molecular weight excluding hydrogens is 200 g/mol. The van der Waals surface area contributed by atoms with Gasteiger partial charge in [0.15, 0.2) is 0 Å². The quantitative estimate of drug-likeness (QED) is 0.614. The van der Waals surface area contributed by atoms with Crippen molar-refractivity contribution in [3.63, 3.8) is 0 Å². The molecule has 1 heteroatoms. The topological polar surface area (TPSA) is 0 Å². The molecule has 0 radical (unpaired) electrons. The largest absolute Gasteiger partial charge is 0.0795 e. The maximum Gasteiger partial charge on any atom is 0.0207 e. The molecule has 0 spiro atoms. The lowest BCUT2D eigenvalue weighted by atomic mass is 10.0. The van der Waals surface area contributed by atoms with Gasteiger partial charge >= 0.3 is 0 Å². The van der Waals surface area contributed by atoms with Crippen LogP contribution in [0.25, 0.3) is 6.08 Å². The molecule has 0 nitrogen and oxygen atoms in total. The zero-order valence-electron chi connectivity index (χ0n) is 6.39. The average molecular weight is 209 g/mol. The van der Waals surface area contributed by atoms with Gasteiger partial charge in [-0.25, -0.2) is 0 Å². The Kier molecular flexibility index (Phi) is 1.61. The van der Waals surface area contributed by atoms with Gasteiger partial charge in [-0.2, -0.15) is 0 Å². The van der Waals surface area contributed by atoms with Crippen molar-refractivity contribution >= 4 is 22.0 Å². The van der Waals surface area contributed by atoms with E-state index in [1.54, 1.807) is 0 Å². The number of hydrogen-bond acceptors (Lipinski definition) is 0. The molecule has 0 aliphatic heterocycles. The van der Waals surface area contributed by atoms with Crippen molar-refractivity contribution in [1.82, 2.24) is 0 Å². The third-order valence-electron chi connectivity index (χ3n) is 2.19. The SMILES string of the molecule is Cc1c(Br)ccc2c1CC=C2. The summed E-state index contributed by atoms with van der Waals surface area (Å²) in [6, 6.07) is 4.28. The fraction of sp³-hybridized carbons (Fsp3) is 0.200. The highest BCUT2D eigenvalue weighted by Crippen LogP contribution is 2.28. The number of benzene rings is 1. The van der Waals surface area contributed by atoms with E-state index in [1.165, 1.54) is 21.2 Å². The Balaban J connectivity index is 2.67. The van der Waals surface area contributed by atoms with E-state index in [0.717, 1.165) is 6.42 Å². The monoisotopic (exact) mass is 208 g/mol. The standard InChI is InChI=1S/C10H9Br/c1-7-9-4-2-3-8(9)5-6-10(7)11/h2-3,5-6H,4H2,1H3. The van der Waals surface area contributed by atoms with E-state index in [2.05, 4.69) is 47.1 Å².